The lowest BCUT2D eigenvalue weighted by Gasteiger charge is -2.27. The zero-order chi connectivity index (χ0) is 20.7. The van der Waals surface area contributed by atoms with Gasteiger partial charge in [-0.1, -0.05) is 0 Å². The highest BCUT2D eigenvalue weighted by Crippen LogP contribution is 2.35. The predicted molar refractivity (Wildman–Crippen MR) is 110 cm³/mol. The van der Waals surface area contributed by atoms with Crippen LogP contribution in [0.2, 0.25) is 0 Å². The van der Waals surface area contributed by atoms with Crippen LogP contribution in [0, 0.1) is 13.8 Å². The number of nitrogens with one attached hydrogen (secondary N) is 2. The van der Waals surface area contributed by atoms with Crippen molar-refractivity contribution in [1.29, 1.82) is 0 Å². The molecule has 0 unspecified atom stereocenters. The minimum absolute atomic E-state index is 0.0186. The van der Waals surface area contributed by atoms with Gasteiger partial charge in [-0.15, -0.1) is 0 Å². The van der Waals surface area contributed by atoms with Crippen molar-refractivity contribution in [3.63, 3.8) is 0 Å². The van der Waals surface area contributed by atoms with Gasteiger partial charge in [0, 0.05) is 35.7 Å². The number of nitrogens with zero attached hydrogens (tertiary/aromatic N) is 1. The summed E-state index contributed by atoms with van der Waals surface area (Å²) in [4.78, 5) is 41.9. The van der Waals surface area contributed by atoms with E-state index >= 15 is 0 Å². The molecule has 0 spiro atoms. The van der Waals surface area contributed by atoms with Crippen molar-refractivity contribution in [2.75, 3.05) is 18.4 Å². The maximum atomic E-state index is 13.0. The molecule has 1 aromatic heterocycles. The molecule has 29 heavy (non-hydrogen) atoms. The van der Waals surface area contributed by atoms with E-state index in [4.69, 9.17) is 0 Å². The topological polar surface area (TPSA) is 102 Å². The normalized spacial score (nSPS) is 17.4. The van der Waals surface area contributed by atoms with Crippen LogP contribution in [0.5, 0.6) is 0 Å². The molecule has 0 radical (unpaired) electrons. The molecule has 150 valence electrons. The summed E-state index contributed by atoms with van der Waals surface area (Å²) in [6, 6.07) is 4.55. The van der Waals surface area contributed by atoms with Gasteiger partial charge in [-0.2, -0.15) is 0 Å². The zero-order valence-corrected chi connectivity index (χ0v) is 16.5. The summed E-state index contributed by atoms with van der Waals surface area (Å²) in [5.74, 6) is -1.32. The molecule has 7 nitrogen and oxygen atoms in total. The number of piperidine rings is 1. The number of aromatic amines is 1. The Kier molecular flexibility index (Phi) is 4.74. The monoisotopic (exact) mass is 393 g/mol. The molecule has 2 amide bonds. The first-order valence-corrected chi connectivity index (χ1v) is 9.76. The molecule has 0 atom stereocenters. The second kappa shape index (κ2) is 7.24. The molecule has 7 heteroatoms. The van der Waals surface area contributed by atoms with Crippen LogP contribution in [0.25, 0.3) is 11.6 Å². The van der Waals surface area contributed by atoms with Crippen molar-refractivity contribution in [2.45, 2.75) is 33.1 Å². The van der Waals surface area contributed by atoms with Crippen molar-refractivity contribution in [3.8, 4) is 0 Å². The fourth-order valence-corrected chi connectivity index (χ4v) is 4.10. The maximum Gasteiger partial charge on any atom is 0.335 e. The molecule has 3 heterocycles. The van der Waals surface area contributed by atoms with Gasteiger partial charge in [0.25, 0.3) is 11.8 Å². The molecule has 2 aliphatic rings. The van der Waals surface area contributed by atoms with E-state index in [1.807, 2.05) is 18.7 Å². The predicted octanol–water partition coefficient (Wildman–Crippen LogP) is 3.45. The number of carbonyl (C=O) groups excluding carboxylic acids is 2. The number of aryl methyl sites for hydroxylation is 1. The lowest BCUT2D eigenvalue weighted by atomic mass is 10.0. The third-order valence-electron chi connectivity index (χ3n) is 5.67. The van der Waals surface area contributed by atoms with Crippen LogP contribution in [0.1, 0.15) is 62.5 Å². The van der Waals surface area contributed by atoms with E-state index in [1.165, 1.54) is 12.1 Å². The molecule has 0 aliphatic carbocycles. The van der Waals surface area contributed by atoms with Crippen LogP contribution in [0.15, 0.2) is 18.2 Å². The average molecular weight is 393 g/mol. The number of carbonyl (C=O) groups is 3. The fraction of sp³-hybridized carbons (Fsp3) is 0.318. The minimum atomic E-state index is -1.05. The highest BCUT2D eigenvalue weighted by Gasteiger charge is 2.28. The average Bonchev–Trinajstić information content (AvgIpc) is 3.17. The number of hydrogen-bond acceptors (Lipinski definition) is 3. The van der Waals surface area contributed by atoms with Gasteiger partial charge < -0.3 is 20.3 Å². The Hall–Kier alpha value is -3.35. The Morgan fingerprint density at radius 2 is 1.86 bits per heavy atom. The summed E-state index contributed by atoms with van der Waals surface area (Å²) >= 11 is 0. The summed E-state index contributed by atoms with van der Waals surface area (Å²) in [6.45, 7) is 5.27. The number of aromatic carboxylic acids is 1. The van der Waals surface area contributed by atoms with Crippen LogP contribution >= 0.6 is 0 Å². The van der Waals surface area contributed by atoms with E-state index in [-0.39, 0.29) is 17.4 Å². The van der Waals surface area contributed by atoms with Crippen LogP contribution in [-0.4, -0.2) is 45.9 Å². The first kappa shape index (κ1) is 19.0. The molecule has 2 aliphatic heterocycles. The van der Waals surface area contributed by atoms with Gasteiger partial charge in [0.2, 0.25) is 0 Å². The molecule has 1 aromatic carbocycles. The minimum Gasteiger partial charge on any atom is -0.478 e. The Balaban J connectivity index is 1.73. The lowest BCUT2D eigenvalue weighted by molar-refractivity contribution is -0.110. The second-order valence-corrected chi connectivity index (χ2v) is 7.59. The Morgan fingerprint density at radius 1 is 1.14 bits per heavy atom. The molecule has 1 fully saturated rings. The van der Waals surface area contributed by atoms with Gasteiger partial charge >= 0.3 is 5.97 Å². The molecular weight excluding hydrogens is 370 g/mol. The van der Waals surface area contributed by atoms with Crippen LogP contribution in [-0.2, 0) is 4.79 Å². The number of likely N-dealkylation sites (tertiary alicyclic amines) is 1. The second-order valence-electron chi connectivity index (χ2n) is 7.59. The quantitative estimate of drug-likeness (QED) is 0.695. The third-order valence-corrected chi connectivity index (χ3v) is 5.67. The fourth-order valence-electron chi connectivity index (χ4n) is 4.10. The van der Waals surface area contributed by atoms with E-state index < -0.39 is 5.97 Å². The van der Waals surface area contributed by atoms with E-state index in [1.54, 1.807) is 12.1 Å². The van der Waals surface area contributed by atoms with Crippen molar-refractivity contribution in [2.24, 2.45) is 0 Å². The number of anilines is 1. The van der Waals surface area contributed by atoms with Crippen LogP contribution in [0.3, 0.4) is 0 Å². The molecule has 0 saturated carbocycles. The maximum absolute atomic E-state index is 13.0. The summed E-state index contributed by atoms with van der Waals surface area (Å²) in [5, 5.41) is 12.0. The van der Waals surface area contributed by atoms with Crippen LogP contribution in [0.4, 0.5) is 5.69 Å². The number of hydrogen-bond donors (Lipinski definition) is 3. The zero-order valence-electron chi connectivity index (χ0n) is 16.5. The van der Waals surface area contributed by atoms with Gasteiger partial charge in [0.15, 0.2) is 0 Å². The van der Waals surface area contributed by atoms with Gasteiger partial charge in [-0.3, -0.25) is 9.59 Å². The molecule has 2 aromatic rings. The SMILES string of the molecule is Cc1[nH]c(/C=C2\C(=O)Nc3ccc(C(=O)O)cc32)c(C)c1C(=O)N1CCCCC1. The largest absolute Gasteiger partial charge is 0.478 e. The van der Waals surface area contributed by atoms with Gasteiger partial charge in [0.1, 0.15) is 0 Å². The highest BCUT2D eigenvalue weighted by molar-refractivity contribution is 6.35. The molecule has 4 rings (SSSR count). The summed E-state index contributed by atoms with van der Waals surface area (Å²) in [7, 11) is 0. The van der Waals surface area contributed by atoms with E-state index in [0.717, 1.165) is 43.6 Å². The molecular formula is C22H23N3O4. The smallest absolute Gasteiger partial charge is 0.335 e. The Bertz CT molecular complexity index is 1060. The van der Waals surface area contributed by atoms with Crippen molar-refractivity contribution >= 4 is 35.1 Å². The van der Waals surface area contributed by atoms with E-state index in [2.05, 4.69) is 10.3 Å². The third kappa shape index (κ3) is 3.33. The highest BCUT2D eigenvalue weighted by atomic mass is 16.4. The Morgan fingerprint density at radius 3 is 2.55 bits per heavy atom. The Labute approximate surface area is 168 Å². The number of rotatable bonds is 3. The first-order valence-electron chi connectivity index (χ1n) is 9.76. The molecule has 3 N–H and O–H groups in total. The number of benzene rings is 1. The van der Waals surface area contributed by atoms with Crippen molar-refractivity contribution in [1.82, 2.24) is 9.88 Å². The van der Waals surface area contributed by atoms with Crippen molar-refractivity contribution in [3.05, 3.63) is 51.8 Å². The van der Waals surface area contributed by atoms with Gasteiger partial charge in [-0.25, -0.2) is 4.79 Å². The number of fused-ring (bicyclic) bond motifs is 1. The van der Waals surface area contributed by atoms with Crippen molar-refractivity contribution < 1.29 is 19.5 Å². The summed E-state index contributed by atoms with van der Waals surface area (Å²) in [6.07, 6.45) is 4.89. The number of carboxylic acid groups (broad SMARTS) is 1. The number of carboxylic acids is 1. The van der Waals surface area contributed by atoms with E-state index in [9.17, 15) is 19.5 Å². The van der Waals surface area contributed by atoms with Crippen LogP contribution < -0.4 is 5.32 Å². The van der Waals surface area contributed by atoms with Gasteiger partial charge in [0.05, 0.1) is 16.7 Å². The molecule has 0 bridgehead atoms. The number of aromatic nitrogens is 1. The summed E-state index contributed by atoms with van der Waals surface area (Å²) in [5.41, 5.74) is 4.51. The van der Waals surface area contributed by atoms with Gasteiger partial charge in [-0.05, 0) is 62.9 Å². The number of amides is 2. The summed E-state index contributed by atoms with van der Waals surface area (Å²) < 4.78 is 0. The van der Waals surface area contributed by atoms with E-state index in [0.29, 0.717) is 28.1 Å². The molecule has 1 saturated heterocycles. The lowest BCUT2D eigenvalue weighted by Crippen LogP contribution is -2.36. The standard InChI is InChI=1S/C22H23N3O4/c1-12-18(23-13(2)19(12)21(27)25-8-4-3-5-9-25)11-16-15-10-14(22(28)29)6-7-17(15)24-20(16)26/h6-7,10-11,23H,3-5,8-9H2,1-2H3,(H,24,26)(H,28,29)/b16-11-. The number of H-pyrrole nitrogens is 1. The first-order chi connectivity index (χ1) is 13.9.